The number of para-hydroxylation sites is 6. The summed E-state index contributed by atoms with van der Waals surface area (Å²) in [5.74, 6) is 7.81. The van der Waals surface area contributed by atoms with Crippen LogP contribution in [-0.4, -0.2) is 70.3 Å². The fourth-order valence-electron chi connectivity index (χ4n) is 11.9. The van der Waals surface area contributed by atoms with E-state index in [1.807, 2.05) is 182 Å². The van der Waals surface area contributed by atoms with Crippen LogP contribution in [-0.2, 0) is 68.6 Å². The van der Waals surface area contributed by atoms with Crippen molar-refractivity contribution in [2.24, 2.45) is 0 Å². The summed E-state index contributed by atoms with van der Waals surface area (Å²) in [6.45, 7) is 27.5. The Morgan fingerprint density at radius 1 is 0.252 bits per heavy atom. The lowest BCUT2D eigenvalue weighted by molar-refractivity contribution is 0.319. The average Bonchev–Trinajstić information content (AvgIpc) is 0.467. The van der Waals surface area contributed by atoms with Gasteiger partial charge in [0.1, 0.15) is 69.0 Å². The molecule has 12 aromatic carbocycles. The molecule has 0 saturated carbocycles. The lowest BCUT2D eigenvalue weighted by Gasteiger charge is -2.23. The summed E-state index contributed by atoms with van der Waals surface area (Å²) in [7, 11) is 0. The van der Waals surface area contributed by atoms with Crippen molar-refractivity contribution in [3.05, 3.63) is 358 Å². The molecule has 115 heavy (non-hydrogen) atoms. The molecule has 0 saturated heterocycles. The molecule has 0 aliphatic carbocycles. The molecular formula is C103H122O12. The molecule has 12 rings (SSSR count). The second kappa shape index (κ2) is 49.0. The highest BCUT2D eigenvalue weighted by atomic mass is 16.5. The molecule has 606 valence electrons. The van der Waals surface area contributed by atoms with Gasteiger partial charge in [-0.3, -0.25) is 0 Å². The third-order valence-electron chi connectivity index (χ3n) is 19.7. The maximum absolute atomic E-state index is 9.71. The number of phenols is 6. The number of benzene rings is 12. The van der Waals surface area contributed by atoms with Crippen molar-refractivity contribution in [1.82, 2.24) is 0 Å². The molecule has 12 nitrogen and oxygen atoms in total. The van der Waals surface area contributed by atoms with Crippen LogP contribution in [0.4, 0.5) is 0 Å². The highest BCUT2D eigenvalue weighted by Gasteiger charge is 2.18. The number of ether oxygens (including phenoxy) is 6. The molecule has 0 aliphatic rings. The average molecular weight is 1550 g/mol. The van der Waals surface area contributed by atoms with Gasteiger partial charge in [-0.1, -0.05) is 265 Å². The monoisotopic (exact) mass is 1550 g/mol. The second-order valence-electron chi connectivity index (χ2n) is 30.0. The van der Waals surface area contributed by atoms with Crippen LogP contribution in [0.5, 0.6) is 69.0 Å². The van der Waals surface area contributed by atoms with Crippen LogP contribution < -0.4 is 28.4 Å². The van der Waals surface area contributed by atoms with Gasteiger partial charge in [-0.2, -0.15) is 0 Å². The number of aromatic hydroxyl groups is 6. The zero-order valence-electron chi connectivity index (χ0n) is 69.4. The molecule has 0 bridgehead atoms. The SMILES string of the molecule is CC(C)(C)c1ccc(OCCc2ccccc2O)cc1.CC(C)c1ccc(OCCc2ccccc2O)cc1.CCC(C)(C)c1ccc(OCCc2ccccc2O)cc1.CCCc1ccc(OCCc2ccccc2O)cc1.CCc1ccc(OCCc2ccccc2O)cc1.CCc1ccc(OCCc2ccccc2O)cc1. The summed E-state index contributed by atoms with van der Waals surface area (Å²) in [6, 6.07) is 93.5. The van der Waals surface area contributed by atoms with Crippen LogP contribution >= 0.6 is 0 Å². The number of aryl methyl sites for hydroxylation is 3. The second-order valence-corrected chi connectivity index (χ2v) is 30.0. The van der Waals surface area contributed by atoms with Gasteiger partial charge >= 0.3 is 0 Å². The molecule has 0 aromatic heterocycles. The third kappa shape index (κ3) is 33.1. The lowest BCUT2D eigenvalue weighted by atomic mass is 9.82. The predicted molar refractivity (Wildman–Crippen MR) is 471 cm³/mol. The first-order valence-corrected chi connectivity index (χ1v) is 40.5. The maximum Gasteiger partial charge on any atom is 0.119 e. The van der Waals surface area contributed by atoms with Crippen LogP contribution in [0.15, 0.2) is 291 Å². The Balaban J connectivity index is 0.000000191. The third-order valence-corrected chi connectivity index (χ3v) is 19.7. The predicted octanol–water partition coefficient (Wildman–Crippen LogP) is 24.3. The van der Waals surface area contributed by atoms with Gasteiger partial charge < -0.3 is 59.1 Å². The van der Waals surface area contributed by atoms with Crippen LogP contribution in [0.3, 0.4) is 0 Å². The molecule has 12 aromatic rings. The first kappa shape index (κ1) is 90.4. The fraction of sp³-hybridized carbons (Fsp3) is 0.301. The first-order chi connectivity index (χ1) is 55.5. The van der Waals surface area contributed by atoms with Gasteiger partial charge in [0.25, 0.3) is 0 Å². The van der Waals surface area contributed by atoms with Crippen molar-refractivity contribution in [3.8, 4) is 69.0 Å². The molecule has 0 amide bonds. The molecule has 0 radical (unpaired) electrons. The summed E-state index contributed by atoms with van der Waals surface area (Å²) >= 11 is 0. The quantitative estimate of drug-likeness (QED) is 0.0243. The van der Waals surface area contributed by atoms with Gasteiger partial charge in [-0.15, -0.1) is 0 Å². The van der Waals surface area contributed by atoms with Gasteiger partial charge in [0.05, 0.1) is 39.6 Å². The number of hydrogen-bond donors (Lipinski definition) is 6. The molecular weight excluding hydrogens is 1430 g/mol. The van der Waals surface area contributed by atoms with Crippen molar-refractivity contribution in [1.29, 1.82) is 0 Å². The Labute approximate surface area is 685 Å². The minimum atomic E-state index is 0.161. The van der Waals surface area contributed by atoms with Gasteiger partial charge in [-0.05, 0) is 218 Å². The Morgan fingerprint density at radius 3 is 0.678 bits per heavy atom. The minimum absolute atomic E-state index is 0.161. The van der Waals surface area contributed by atoms with Crippen LogP contribution in [0.2, 0.25) is 0 Å². The Morgan fingerprint density at radius 2 is 0.470 bits per heavy atom. The number of rotatable bonds is 31. The Kier molecular flexibility index (Phi) is 38.5. The zero-order valence-corrected chi connectivity index (χ0v) is 69.4. The van der Waals surface area contributed by atoms with Crippen molar-refractivity contribution >= 4 is 0 Å². The molecule has 0 heterocycles. The molecule has 0 fully saturated rings. The van der Waals surface area contributed by atoms with E-state index in [0.29, 0.717) is 119 Å². The van der Waals surface area contributed by atoms with Gasteiger partial charge in [0.15, 0.2) is 0 Å². The van der Waals surface area contributed by atoms with Crippen molar-refractivity contribution in [3.63, 3.8) is 0 Å². The lowest BCUT2D eigenvalue weighted by Crippen LogP contribution is -2.15. The van der Waals surface area contributed by atoms with E-state index >= 15 is 0 Å². The fourth-order valence-corrected chi connectivity index (χ4v) is 11.9. The molecule has 0 atom stereocenters. The molecule has 12 heteroatoms. The van der Waals surface area contributed by atoms with E-state index in [2.05, 4.69) is 149 Å². The van der Waals surface area contributed by atoms with E-state index in [9.17, 15) is 30.6 Å². The Hall–Kier alpha value is -11.8. The van der Waals surface area contributed by atoms with Crippen molar-refractivity contribution in [2.45, 2.75) is 164 Å². The molecule has 0 spiro atoms. The highest BCUT2D eigenvalue weighted by molar-refractivity contribution is 5.40. The summed E-state index contributed by atoms with van der Waals surface area (Å²) < 4.78 is 34.2. The van der Waals surface area contributed by atoms with E-state index in [0.717, 1.165) is 100.0 Å². The van der Waals surface area contributed by atoms with Gasteiger partial charge in [0, 0.05) is 38.5 Å². The largest absolute Gasteiger partial charge is 0.508 e. The normalized spacial score (nSPS) is 10.7. The van der Waals surface area contributed by atoms with E-state index in [1.165, 1.54) is 33.4 Å². The van der Waals surface area contributed by atoms with E-state index < -0.39 is 0 Å². The van der Waals surface area contributed by atoms with Crippen molar-refractivity contribution in [2.75, 3.05) is 39.6 Å². The smallest absolute Gasteiger partial charge is 0.119 e. The van der Waals surface area contributed by atoms with E-state index in [1.54, 1.807) is 36.4 Å². The highest BCUT2D eigenvalue weighted by Crippen LogP contribution is 2.31. The van der Waals surface area contributed by atoms with Crippen molar-refractivity contribution < 1.29 is 59.1 Å². The standard InChI is InChI=1S/C19H24O2.C18H22O2.2C17H20O2.2C16H18O2/c1-4-19(2,3)16-9-11-17(12-10-16)21-14-13-15-7-5-6-8-18(15)20;1-18(2,3)15-8-10-16(11-9-15)20-13-12-14-6-4-5-7-17(14)19;1-13(2)14-7-9-16(10-8-14)19-12-11-15-5-3-4-6-17(15)18;1-2-5-14-8-10-16(11-9-14)19-13-12-15-6-3-4-7-17(15)18;2*1-2-13-7-9-15(10-8-13)18-12-11-14-5-3-4-6-16(14)17/h5-12,20H,4,13-14H2,1-3H3;4-11,19H,12-13H2,1-3H3;3-10,13,18H,11-12H2,1-2H3;3-4,6-11,18H,2,5,12-13H2,1H3;2*3-10,17H,2,11-12H2,1H3. The van der Waals surface area contributed by atoms with Crippen LogP contribution in [0.25, 0.3) is 0 Å². The first-order valence-electron chi connectivity index (χ1n) is 40.5. The van der Waals surface area contributed by atoms with Gasteiger partial charge in [0.2, 0.25) is 0 Å². The van der Waals surface area contributed by atoms with Crippen LogP contribution in [0, 0.1) is 0 Å². The molecule has 6 N–H and O–H groups in total. The number of hydrogen-bond acceptors (Lipinski definition) is 12. The Bertz CT molecular complexity index is 4570. The summed E-state index contributed by atoms with van der Waals surface area (Å²) in [4.78, 5) is 0. The summed E-state index contributed by atoms with van der Waals surface area (Å²) in [5.41, 5.74) is 13.8. The number of phenolic OH excluding ortho intramolecular Hbond substituents is 6. The topological polar surface area (TPSA) is 177 Å². The molecule has 0 aliphatic heterocycles. The van der Waals surface area contributed by atoms with Gasteiger partial charge in [-0.25, -0.2) is 0 Å². The zero-order chi connectivity index (χ0) is 82.6. The van der Waals surface area contributed by atoms with Crippen LogP contribution in [0.1, 0.15) is 162 Å². The summed E-state index contributed by atoms with van der Waals surface area (Å²) in [6.07, 6.45) is 9.71. The van der Waals surface area contributed by atoms with E-state index in [4.69, 9.17) is 28.4 Å². The van der Waals surface area contributed by atoms with E-state index in [-0.39, 0.29) is 10.8 Å². The molecule has 0 unspecified atom stereocenters. The maximum atomic E-state index is 9.71. The summed E-state index contributed by atoms with van der Waals surface area (Å²) in [5, 5.41) is 57.9. The minimum Gasteiger partial charge on any atom is -0.508 e.